The maximum Gasteiger partial charge on any atom is 0.303 e. The van der Waals surface area contributed by atoms with Gasteiger partial charge in [0.15, 0.2) is 0 Å². The fraction of sp³-hybridized carbons (Fsp3) is 0.231. The van der Waals surface area contributed by atoms with E-state index in [1.54, 1.807) is 12.1 Å². The molecule has 0 aliphatic carbocycles. The Hall–Kier alpha value is -2.30. The van der Waals surface area contributed by atoms with E-state index in [9.17, 15) is 9.59 Å². The zero-order valence-corrected chi connectivity index (χ0v) is 9.77. The van der Waals surface area contributed by atoms with E-state index in [-0.39, 0.29) is 12.3 Å². The topological polar surface area (TPSA) is 82.2 Å². The summed E-state index contributed by atoms with van der Waals surface area (Å²) in [6, 6.07) is 7.29. The van der Waals surface area contributed by atoms with Gasteiger partial charge in [-0.3, -0.25) is 9.59 Å². The van der Waals surface area contributed by atoms with Crippen LogP contribution in [0.1, 0.15) is 23.2 Å². The molecule has 5 nitrogen and oxygen atoms in total. The lowest BCUT2D eigenvalue weighted by Gasteiger charge is -2.04. The monoisotopic (exact) mass is 246 g/mol. The molecule has 94 valence electrons. The number of hydrogen-bond donors (Lipinski definition) is 3. The van der Waals surface area contributed by atoms with E-state index in [1.165, 1.54) is 0 Å². The van der Waals surface area contributed by atoms with Crippen molar-refractivity contribution in [2.45, 2.75) is 12.8 Å². The molecule has 0 saturated carbocycles. The van der Waals surface area contributed by atoms with Crippen molar-refractivity contribution in [3.05, 3.63) is 36.0 Å². The summed E-state index contributed by atoms with van der Waals surface area (Å²) in [5.74, 6) is -1.03. The third kappa shape index (κ3) is 2.88. The molecule has 0 bridgehead atoms. The van der Waals surface area contributed by atoms with Gasteiger partial charge < -0.3 is 15.4 Å². The SMILES string of the molecule is O=C(O)CCCNC(=O)c1ccc2[nH]ccc2c1. The Morgan fingerprint density at radius 3 is 2.89 bits per heavy atom. The van der Waals surface area contributed by atoms with Crippen LogP contribution >= 0.6 is 0 Å². The fourth-order valence-corrected chi connectivity index (χ4v) is 1.74. The molecule has 0 saturated heterocycles. The second-order valence-electron chi connectivity index (χ2n) is 4.03. The molecule has 0 fully saturated rings. The summed E-state index contributed by atoms with van der Waals surface area (Å²) in [5, 5.41) is 12.2. The number of carboxylic acids is 1. The zero-order chi connectivity index (χ0) is 13.0. The molecule has 1 amide bonds. The first-order valence-electron chi connectivity index (χ1n) is 5.74. The first-order valence-corrected chi connectivity index (χ1v) is 5.74. The number of carbonyl (C=O) groups is 2. The van der Waals surface area contributed by atoms with E-state index in [0.29, 0.717) is 18.5 Å². The molecule has 18 heavy (non-hydrogen) atoms. The summed E-state index contributed by atoms with van der Waals surface area (Å²) in [6.45, 7) is 0.371. The molecule has 0 aliphatic rings. The molecule has 0 aliphatic heterocycles. The Bertz CT molecular complexity index is 574. The van der Waals surface area contributed by atoms with Gasteiger partial charge in [0.05, 0.1) is 0 Å². The number of aliphatic carboxylic acids is 1. The van der Waals surface area contributed by atoms with E-state index in [1.807, 2.05) is 18.3 Å². The van der Waals surface area contributed by atoms with Crippen molar-refractivity contribution in [1.82, 2.24) is 10.3 Å². The van der Waals surface area contributed by atoms with Gasteiger partial charge in [-0.25, -0.2) is 0 Å². The quantitative estimate of drug-likeness (QED) is 0.703. The molecule has 2 rings (SSSR count). The Morgan fingerprint density at radius 1 is 1.28 bits per heavy atom. The number of rotatable bonds is 5. The smallest absolute Gasteiger partial charge is 0.303 e. The summed E-state index contributed by atoms with van der Waals surface area (Å²) in [4.78, 5) is 25.2. The van der Waals surface area contributed by atoms with E-state index < -0.39 is 5.97 Å². The number of aromatic amines is 1. The Kier molecular flexibility index (Phi) is 3.62. The second-order valence-corrected chi connectivity index (χ2v) is 4.03. The van der Waals surface area contributed by atoms with Crippen LogP contribution in [0.3, 0.4) is 0 Å². The lowest BCUT2D eigenvalue weighted by Crippen LogP contribution is -2.24. The minimum absolute atomic E-state index is 0.0666. The molecule has 1 aromatic heterocycles. The molecule has 0 unspecified atom stereocenters. The van der Waals surface area contributed by atoms with Crippen LogP contribution in [0.4, 0.5) is 0 Å². The zero-order valence-electron chi connectivity index (χ0n) is 9.77. The molecule has 1 aromatic carbocycles. The molecular weight excluding hydrogens is 232 g/mol. The number of hydrogen-bond acceptors (Lipinski definition) is 2. The van der Waals surface area contributed by atoms with Crippen LogP contribution in [-0.2, 0) is 4.79 Å². The minimum atomic E-state index is -0.849. The van der Waals surface area contributed by atoms with Gasteiger partial charge in [0, 0.05) is 35.6 Å². The van der Waals surface area contributed by atoms with Crippen LogP contribution in [0.5, 0.6) is 0 Å². The number of nitrogens with one attached hydrogen (secondary N) is 2. The van der Waals surface area contributed by atoms with Gasteiger partial charge in [-0.05, 0) is 30.7 Å². The number of carboxylic acid groups (broad SMARTS) is 1. The van der Waals surface area contributed by atoms with Crippen molar-refractivity contribution >= 4 is 22.8 Å². The molecule has 3 N–H and O–H groups in total. The summed E-state index contributed by atoms with van der Waals surface area (Å²) in [7, 11) is 0. The predicted molar refractivity (Wildman–Crippen MR) is 67.5 cm³/mol. The van der Waals surface area contributed by atoms with E-state index in [4.69, 9.17) is 5.11 Å². The molecule has 0 spiro atoms. The molecule has 5 heteroatoms. The summed E-state index contributed by atoms with van der Waals surface area (Å²) in [5.41, 5.74) is 1.56. The predicted octanol–water partition coefficient (Wildman–Crippen LogP) is 1.76. The number of amides is 1. The third-order valence-electron chi connectivity index (χ3n) is 2.67. The van der Waals surface area contributed by atoms with Crippen molar-refractivity contribution < 1.29 is 14.7 Å². The first kappa shape index (κ1) is 12.2. The van der Waals surface area contributed by atoms with Crippen molar-refractivity contribution in [2.75, 3.05) is 6.54 Å². The van der Waals surface area contributed by atoms with Crippen LogP contribution in [0.15, 0.2) is 30.5 Å². The largest absolute Gasteiger partial charge is 0.481 e. The standard InChI is InChI=1S/C13H14N2O3/c16-12(17)2-1-6-15-13(18)10-3-4-11-9(8-10)5-7-14-11/h3-5,7-8,14H,1-2,6H2,(H,15,18)(H,16,17). The summed E-state index contributed by atoms with van der Waals surface area (Å²) in [6.07, 6.45) is 2.32. The molecular formula is C13H14N2O3. The number of benzene rings is 1. The van der Waals surface area contributed by atoms with Gasteiger partial charge in [-0.15, -0.1) is 0 Å². The number of carbonyl (C=O) groups excluding carboxylic acids is 1. The lowest BCUT2D eigenvalue weighted by molar-refractivity contribution is -0.137. The van der Waals surface area contributed by atoms with Crippen LogP contribution in [-0.4, -0.2) is 28.5 Å². The van der Waals surface area contributed by atoms with Crippen molar-refractivity contribution in [3.8, 4) is 0 Å². The average molecular weight is 246 g/mol. The summed E-state index contributed by atoms with van der Waals surface area (Å²) < 4.78 is 0. The van der Waals surface area contributed by atoms with E-state index >= 15 is 0 Å². The molecule has 0 atom stereocenters. The van der Waals surface area contributed by atoms with Crippen molar-refractivity contribution in [3.63, 3.8) is 0 Å². The highest BCUT2D eigenvalue weighted by atomic mass is 16.4. The van der Waals surface area contributed by atoms with Gasteiger partial charge >= 0.3 is 5.97 Å². The minimum Gasteiger partial charge on any atom is -0.481 e. The van der Waals surface area contributed by atoms with Crippen molar-refractivity contribution in [2.24, 2.45) is 0 Å². The lowest BCUT2D eigenvalue weighted by atomic mass is 10.1. The number of fused-ring (bicyclic) bond motifs is 1. The second kappa shape index (κ2) is 5.35. The maximum absolute atomic E-state index is 11.8. The molecule has 1 heterocycles. The van der Waals surface area contributed by atoms with Crippen LogP contribution < -0.4 is 5.32 Å². The fourth-order valence-electron chi connectivity index (χ4n) is 1.74. The van der Waals surface area contributed by atoms with Gasteiger partial charge in [0.1, 0.15) is 0 Å². The van der Waals surface area contributed by atoms with Crippen LogP contribution in [0.2, 0.25) is 0 Å². The van der Waals surface area contributed by atoms with E-state index in [2.05, 4.69) is 10.3 Å². The highest BCUT2D eigenvalue weighted by molar-refractivity contribution is 5.98. The summed E-state index contributed by atoms with van der Waals surface area (Å²) >= 11 is 0. The normalized spacial score (nSPS) is 10.4. The van der Waals surface area contributed by atoms with Crippen LogP contribution in [0.25, 0.3) is 10.9 Å². The number of H-pyrrole nitrogens is 1. The first-order chi connectivity index (χ1) is 8.66. The highest BCUT2D eigenvalue weighted by Crippen LogP contribution is 2.14. The van der Waals surface area contributed by atoms with E-state index in [0.717, 1.165) is 10.9 Å². The Balaban J connectivity index is 1.93. The molecule has 2 aromatic rings. The van der Waals surface area contributed by atoms with Gasteiger partial charge in [0.25, 0.3) is 5.91 Å². The maximum atomic E-state index is 11.8. The molecule has 0 radical (unpaired) electrons. The number of aromatic nitrogens is 1. The Morgan fingerprint density at radius 2 is 2.11 bits per heavy atom. The van der Waals surface area contributed by atoms with Gasteiger partial charge in [0.2, 0.25) is 0 Å². The highest BCUT2D eigenvalue weighted by Gasteiger charge is 2.06. The average Bonchev–Trinajstić information content (AvgIpc) is 2.81. The van der Waals surface area contributed by atoms with Gasteiger partial charge in [-0.1, -0.05) is 0 Å². The van der Waals surface area contributed by atoms with Crippen molar-refractivity contribution in [1.29, 1.82) is 0 Å². The Labute approximate surface area is 104 Å². The van der Waals surface area contributed by atoms with Gasteiger partial charge in [-0.2, -0.15) is 0 Å². The third-order valence-corrected chi connectivity index (χ3v) is 2.67. The van der Waals surface area contributed by atoms with Crippen LogP contribution in [0, 0.1) is 0 Å².